The monoisotopic (exact) mass is 303 g/mol. The van der Waals surface area contributed by atoms with E-state index in [4.69, 9.17) is 5.11 Å². The number of likely N-dealkylation sites (N-methyl/N-ethyl adjacent to an activating group) is 1. The van der Waals surface area contributed by atoms with Crippen LogP contribution >= 0.6 is 0 Å². The molecule has 1 aromatic heterocycles. The third kappa shape index (κ3) is 3.26. The number of carboxylic acids is 1. The van der Waals surface area contributed by atoms with Gasteiger partial charge in [0, 0.05) is 19.1 Å². The number of aromatic carboxylic acids is 1. The minimum Gasteiger partial charge on any atom is -0.478 e. The summed E-state index contributed by atoms with van der Waals surface area (Å²) in [6.07, 6.45) is -3.84. The molecular formula is C13H16F3N3O2. The molecule has 1 N–H and O–H groups in total. The average Bonchev–Trinajstić information content (AvgIpc) is 2.86. The third-order valence-electron chi connectivity index (χ3n) is 3.59. The van der Waals surface area contributed by atoms with Gasteiger partial charge in [-0.3, -0.25) is 0 Å². The molecule has 0 saturated carbocycles. The summed E-state index contributed by atoms with van der Waals surface area (Å²) >= 11 is 0. The van der Waals surface area contributed by atoms with Crippen LogP contribution in [0, 0.1) is 0 Å². The van der Waals surface area contributed by atoms with Crippen LogP contribution < -0.4 is 4.90 Å². The third-order valence-corrected chi connectivity index (χ3v) is 3.59. The highest BCUT2D eigenvalue weighted by Crippen LogP contribution is 2.32. The van der Waals surface area contributed by atoms with Gasteiger partial charge in [0.05, 0.1) is 0 Å². The maximum atomic E-state index is 12.8. The lowest BCUT2D eigenvalue weighted by Gasteiger charge is -2.22. The van der Waals surface area contributed by atoms with Crippen LogP contribution in [-0.4, -0.2) is 54.2 Å². The van der Waals surface area contributed by atoms with Gasteiger partial charge in [0.25, 0.3) is 0 Å². The zero-order valence-corrected chi connectivity index (χ0v) is 11.7. The molecule has 8 heteroatoms. The van der Waals surface area contributed by atoms with Crippen LogP contribution in [0.15, 0.2) is 12.1 Å². The fourth-order valence-corrected chi connectivity index (χ4v) is 2.37. The number of aromatic nitrogens is 1. The van der Waals surface area contributed by atoms with Crippen molar-refractivity contribution in [3.63, 3.8) is 0 Å². The predicted octanol–water partition coefficient (Wildman–Crippen LogP) is 1.94. The Morgan fingerprint density at radius 2 is 2.10 bits per heavy atom. The maximum absolute atomic E-state index is 12.8. The number of hydrogen-bond acceptors (Lipinski definition) is 4. The molecule has 0 spiro atoms. The molecule has 1 aliphatic heterocycles. The van der Waals surface area contributed by atoms with E-state index in [2.05, 4.69) is 4.98 Å². The summed E-state index contributed by atoms with van der Waals surface area (Å²) in [5, 5.41) is 9.14. The Bertz CT molecular complexity index is 546. The molecule has 1 aliphatic rings. The molecule has 0 bridgehead atoms. The first-order valence-corrected chi connectivity index (χ1v) is 6.43. The summed E-state index contributed by atoms with van der Waals surface area (Å²) in [4.78, 5) is 18.3. The standard InChI is InChI=1S/C13H16F3N3O2/c1-18(2)8-5-6-19(7-8)11-9(12(20)21)3-4-10(17-11)13(14,15)16/h3-4,8H,5-7H2,1-2H3,(H,20,21). The number of carboxylic acid groups (broad SMARTS) is 1. The summed E-state index contributed by atoms with van der Waals surface area (Å²) in [5.41, 5.74) is -1.28. The van der Waals surface area contributed by atoms with Crippen LogP contribution in [-0.2, 0) is 6.18 Å². The fourth-order valence-electron chi connectivity index (χ4n) is 2.37. The highest BCUT2D eigenvalue weighted by atomic mass is 19.4. The molecule has 116 valence electrons. The lowest BCUT2D eigenvalue weighted by atomic mass is 10.2. The van der Waals surface area contributed by atoms with E-state index in [1.165, 1.54) is 0 Å². The molecule has 1 unspecified atom stereocenters. The van der Waals surface area contributed by atoms with Crippen molar-refractivity contribution in [2.24, 2.45) is 0 Å². The van der Waals surface area contributed by atoms with E-state index < -0.39 is 17.8 Å². The van der Waals surface area contributed by atoms with Crippen molar-refractivity contribution in [1.29, 1.82) is 0 Å². The Morgan fingerprint density at radius 1 is 1.43 bits per heavy atom. The van der Waals surface area contributed by atoms with E-state index in [1.807, 2.05) is 19.0 Å². The molecule has 1 fully saturated rings. The highest BCUT2D eigenvalue weighted by molar-refractivity contribution is 5.93. The second kappa shape index (κ2) is 5.51. The first kappa shape index (κ1) is 15.6. The predicted molar refractivity (Wildman–Crippen MR) is 70.5 cm³/mol. The zero-order chi connectivity index (χ0) is 15.8. The minimum absolute atomic E-state index is 0.110. The van der Waals surface area contributed by atoms with Crippen molar-refractivity contribution < 1.29 is 23.1 Å². The van der Waals surface area contributed by atoms with Crippen molar-refractivity contribution in [2.45, 2.75) is 18.6 Å². The number of rotatable bonds is 3. The Labute approximate surface area is 120 Å². The van der Waals surface area contributed by atoms with Crippen LogP contribution in [0.2, 0.25) is 0 Å². The van der Waals surface area contributed by atoms with E-state index >= 15 is 0 Å². The van der Waals surface area contributed by atoms with E-state index in [1.54, 1.807) is 4.90 Å². The molecule has 0 aliphatic carbocycles. The van der Waals surface area contributed by atoms with Crippen LogP contribution in [0.25, 0.3) is 0 Å². The molecule has 21 heavy (non-hydrogen) atoms. The second-order valence-electron chi connectivity index (χ2n) is 5.22. The van der Waals surface area contributed by atoms with Gasteiger partial charge in [0.15, 0.2) is 0 Å². The molecular weight excluding hydrogens is 287 g/mol. The minimum atomic E-state index is -4.59. The van der Waals surface area contributed by atoms with Crippen molar-refractivity contribution in [1.82, 2.24) is 9.88 Å². The topological polar surface area (TPSA) is 56.7 Å². The van der Waals surface area contributed by atoms with Crippen molar-refractivity contribution in [3.05, 3.63) is 23.4 Å². The molecule has 0 aromatic carbocycles. The Kier molecular flexibility index (Phi) is 4.08. The van der Waals surface area contributed by atoms with Gasteiger partial charge in [-0.15, -0.1) is 0 Å². The summed E-state index contributed by atoms with van der Waals surface area (Å²) in [7, 11) is 3.76. The summed E-state index contributed by atoms with van der Waals surface area (Å²) in [6.45, 7) is 0.943. The van der Waals surface area contributed by atoms with E-state index in [9.17, 15) is 18.0 Å². The van der Waals surface area contributed by atoms with Crippen molar-refractivity contribution in [2.75, 3.05) is 32.1 Å². The number of hydrogen-bond donors (Lipinski definition) is 1. The number of alkyl halides is 3. The molecule has 0 amide bonds. The van der Waals surface area contributed by atoms with Crippen LogP contribution in [0.3, 0.4) is 0 Å². The maximum Gasteiger partial charge on any atom is 0.433 e. The van der Waals surface area contributed by atoms with E-state index in [0.29, 0.717) is 19.2 Å². The Hall–Kier alpha value is -1.83. The molecule has 2 heterocycles. The number of halogens is 3. The molecule has 1 saturated heterocycles. The average molecular weight is 303 g/mol. The van der Waals surface area contributed by atoms with Crippen molar-refractivity contribution >= 4 is 11.8 Å². The fraction of sp³-hybridized carbons (Fsp3) is 0.538. The molecule has 5 nitrogen and oxygen atoms in total. The summed E-state index contributed by atoms with van der Waals surface area (Å²) in [6, 6.07) is 1.84. The normalized spacial score (nSPS) is 19.3. The number of nitrogens with zero attached hydrogens (tertiary/aromatic N) is 3. The van der Waals surface area contributed by atoms with Gasteiger partial charge in [0.2, 0.25) is 0 Å². The molecule has 0 radical (unpaired) electrons. The van der Waals surface area contributed by atoms with Gasteiger partial charge in [-0.05, 0) is 32.6 Å². The number of carbonyl (C=O) groups is 1. The number of pyridine rings is 1. The Morgan fingerprint density at radius 3 is 2.57 bits per heavy atom. The second-order valence-corrected chi connectivity index (χ2v) is 5.22. The lowest BCUT2D eigenvalue weighted by molar-refractivity contribution is -0.141. The van der Waals surface area contributed by atoms with Gasteiger partial charge < -0.3 is 14.9 Å². The van der Waals surface area contributed by atoms with Gasteiger partial charge in [0.1, 0.15) is 17.1 Å². The lowest BCUT2D eigenvalue weighted by Crippen LogP contribution is -2.32. The molecule has 2 rings (SSSR count). The smallest absolute Gasteiger partial charge is 0.433 e. The van der Waals surface area contributed by atoms with Gasteiger partial charge in [-0.1, -0.05) is 0 Å². The van der Waals surface area contributed by atoms with E-state index in [-0.39, 0.29) is 17.4 Å². The van der Waals surface area contributed by atoms with Crippen molar-refractivity contribution in [3.8, 4) is 0 Å². The summed E-state index contributed by atoms with van der Waals surface area (Å²) < 4.78 is 38.3. The summed E-state index contributed by atoms with van der Waals surface area (Å²) in [5.74, 6) is -1.39. The molecule has 1 atom stereocenters. The Balaban J connectivity index is 2.38. The largest absolute Gasteiger partial charge is 0.478 e. The van der Waals surface area contributed by atoms with Gasteiger partial charge in [-0.2, -0.15) is 13.2 Å². The zero-order valence-electron chi connectivity index (χ0n) is 11.7. The highest BCUT2D eigenvalue weighted by Gasteiger charge is 2.35. The van der Waals surface area contributed by atoms with Gasteiger partial charge in [-0.25, -0.2) is 9.78 Å². The van der Waals surface area contributed by atoms with E-state index in [0.717, 1.165) is 12.5 Å². The first-order valence-electron chi connectivity index (χ1n) is 6.43. The number of anilines is 1. The van der Waals surface area contributed by atoms with Crippen LogP contribution in [0.1, 0.15) is 22.5 Å². The van der Waals surface area contributed by atoms with Gasteiger partial charge >= 0.3 is 12.1 Å². The van der Waals surface area contributed by atoms with Crippen LogP contribution in [0.4, 0.5) is 19.0 Å². The quantitative estimate of drug-likeness (QED) is 0.925. The SMILES string of the molecule is CN(C)C1CCN(c2nc(C(F)(F)F)ccc2C(=O)O)C1. The first-order chi connectivity index (χ1) is 9.70. The molecule has 1 aromatic rings. The van der Waals surface area contributed by atoms with Crippen LogP contribution in [0.5, 0.6) is 0 Å².